The van der Waals surface area contributed by atoms with Crippen LogP contribution in [0.4, 0.5) is 8.78 Å². The van der Waals surface area contributed by atoms with Gasteiger partial charge in [-0.25, -0.2) is 8.78 Å². The first-order valence-electron chi connectivity index (χ1n) is 6.31. The van der Waals surface area contributed by atoms with Gasteiger partial charge >= 0.3 is 0 Å². The molecule has 1 aliphatic carbocycles. The highest BCUT2D eigenvalue weighted by Gasteiger charge is 2.44. The summed E-state index contributed by atoms with van der Waals surface area (Å²) in [6, 6.07) is 0.272. The fourth-order valence-electron chi connectivity index (χ4n) is 2.67. The molecule has 3 rings (SSSR count). The van der Waals surface area contributed by atoms with Crippen molar-refractivity contribution in [1.82, 2.24) is 4.90 Å². The van der Waals surface area contributed by atoms with E-state index in [9.17, 15) is 28.0 Å². The maximum absolute atomic E-state index is 13.2. The van der Waals surface area contributed by atoms with Crippen molar-refractivity contribution in [1.29, 1.82) is 0 Å². The van der Waals surface area contributed by atoms with Crippen molar-refractivity contribution in [3.05, 3.63) is 34.9 Å². The number of amides is 2. The number of hydrogen-bond donors (Lipinski definition) is 0. The van der Waals surface area contributed by atoms with Crippen molar-refractivity contribution in [2.24, 2.45) is 0 Å². The molecule has 21 heavy (non-hydrogen) atoms. The second kappa shape index (κ2) is 4.54. The Morgan fingerprint density at radius 2 is 1.48 bits per heavy atom. The number of ketones is 2. The Morgan fingerprint density at radius 3 is 1.95 bits per heavy atom. The van der Waals surface area contributed by atoms with Crippen LogP contribution >= 0.6 is 0 Å². The molecule has 1 unspecified atom stereocenters. The average Bonchev–Trinajstić information content (AvgIpc) is 2.64. The number of halogens is 2. The number of fused-ring (bicyclic) bond motifs is 1. The normalized spacial score (nSPS) is 22.0. The Balaban J connectivity index is 2.00. The lowest BCUT2D eigenvalue weighted by Crippen LogP contribution is -2.47. The maximum Gasteiger partial charge on any atom is 0.262 e. The first-order valence-corrected chi connectivity index (χ1v) is 6.31. The highest BCUT2D eigenvalue weighted by Crippen LogP contribution is 2.30. The molecule has 0 radical (unpaired) electrons. The van der Waals surface area contributed by atoms with E-state index < -0.39 is 35.3 Å². The molecule has 1 aromatic rings. The summed E-state index contributed by atoms with van der Waals surface area (Å²) in [6.07, 6.45) is -0.193. The molecule has 2 aliphatic rings. The van der Waals surface area contributed by atoms with Gasteiger partial charge in [0, 0.05) is 6.42 Å². The van der Waals surface area contributed by atoms with E-state index in [1.807, 2.05) is 0 Å². The molecule has 1 fully saturated rings. The van der Waals surface area contributed by atoms with Crippen LogP contribution in [0.1, 0.15) is 40.0 Å². The summed E-state index contributed by atoms with van der Waals surface area (Å²) in [4.78, 5) is 48.1. The number of carbonyl (C=O) groups excluding carboxylic acids is 4. The van der Waals surface area contributed by atoms with Gasteiger partial charge in [-0.05, 0) is 18.6 Å². The summed E-state index contributed by atoms with van der Waals surface area (Å²) in [7, 11) is 0. The topological polar surface area (TPSA) is 71.5 Å². The Labute approximate surface area is 117 Å². The van der Waals surface area contributed by atoms with Crippen LogP contribution in [-0.4, -0.2) is 34.3 Å². The van der Waals surface area contributed by atoms with Crippen LogP contribution in [0.5, 0.6) is 0 Å². The van der Waals surface area contributed by atoms with Gasteiger partial charge in [-0.15, -0.1) is 0 Å². The van der Waals surface area contributed by atoms with Crippen LogP contribution in [0.2, 0.25) is 0 Å². The zero-order valence-corrected chi connectivity index (χ0v) is 10.7. The Hall–Kier alpha value is -2.44. The molecule has 108 valence electrons. The van der Waals surface area contributed by atoms with E-state index >= 15 is 0 Å². The molecule has 1 aromatic carbocycles. The van der Waals surface area contributed by atoms with Gasteiger partial charge in [-0.1, -0.05) is 0 Å². The van der Waals surface area contributed by atoms with Crippen LogP contribution in [-0.2, 0) is 9.59 Å². The highest BCUT2D eigenvalue weighted by molar-refractivity contribution is 6.23. The van der Waals surface area contributed by atoms with Crippen molar-refractivity contribution >= 4 is 23.4 Å². The molecule has 0 spiro atoms. The maximum atomic E-state index is 13.2. The van der Waals surface area contributed by atoms with Crippen LogP contribution in [0.15, 0.2) is 12.1 Å². The number of hydrogen-bond acceptors (Lipinski definition) is 4. The number of benzene rings is 1. The lowest BCUT2D eigenvalue weighted by Gasteiger charge is -2.27. The van der Waals surface area contributed by atoms with Crippen molar-refractivity contribution in [3.8, 4) is 0 Å². The first kappa shape index (κ1) is 13.5. The van der Waals surface area contributed by atoms with Gasteiger partial charge in [0.15, 0.2) is 17.4 Å². The predicted octanol–water partition coefficient (Wildman–Crippen LogP) is 1.25. The van der Waals surface area contributed by atoms with Crippen molar-refractivity contribution in [2.75, 3.05) is 0 Å². The molecular formula is C14H9F2NO4. The zero-order chi connectivity index (χ0) is 15.3. The van der Waals surface area contributed by atoms with Gasteiger partial charge in [-0.2, -0.15) is 0 Å². The molecule has 0 aromatic heterocycles. The zero-order valence-electron chi connectivity index (χ0n) is 10.7. The second-order valence-electron chi connectivity index (χ2n) is 5.03. The fourth-order valence-corrected chi connectivity index (χ4v) is 2.67. The van der Waals surface area contributed by atoms with Crippen molar-refractivity contribution < 1.29 is 28.0 Å². The van der Waals surface area contributed by atoms with Crippen molar-refractivity contribution in [2.45, 2.75) is 25.3 Å². The van der Waals surface area contributed by atoms with Gasteiger partial charge in [0.1, 0.15) is 5.78 Å². The lowest BCUT2D eigenvalue weighted by molar-refractivity contribution is -0.132. The predicted molar refractivity (Wildman–Crippen MR) is 64.5 cm³/mol. The van der Waals surface area contributed by atoms with E-state index in [2.05, 4.69) is 0 Å². The molecular weight excluding hydrogens is 284 g/mol. The quantitative estimate of drug-likeness (QED) is 0.577. The van der Waals surface area contributed by atoms with E-state index in [4.69, 9.17) is 0 Å². The molecule has 2 amide bonds. The summed E-state index contributed by atoms with van der Waals surface area (Å²) in [5, 5.41) is 0. The minimum atomic E-state index is -1.23. The van der Waals surface area contributed by atoms with Gasteiger partial charge in [0.2, 0.25) is 0 Å². The molecule has 1 aliphatic heterocycles. The number of carbonyl (C=O) groups is 4. The Kier molecular flexibility index (Phi) is 2.93. The largest absolute Gasteiger partial charge is 0.299 e. The number of nitrogens with zero attached hydrogens (tertiary/aromatic N) is 1. The Morgan fingerprint density at radius 1 is 0.952 bits per heavy atom. The van der Waals surface area contributed by atoms with E-state index in [1.54, 1.807) is 0 Å². The Bertz CT molecular complexity index is 672. The summed E-state index contributed by atoms with van der Waals surface area (Å²) < 4.78 is 26.4. The van der Waals surface area contributed by atoms with E-state index in [0.29, 0.717) is 17.0 Å². The molecule has 0 N–H and O–H groups in total. The van der Waals surface area contributed by atoms with Crippen LogP contribution in [0.3, 0.4) is 0 Å². The first-order chi connectivity index (χ1) is 9.90. The van der Waals surface area contributed by atoms with E-state index in [0.717, 1.165) is 0 Å². The summed E-state index contributed by atoms with van der Waals surface area (Å²) in [5.74, 6) is -4.90. The SMILES string of the molecule is O=C1CCC(N2C(=O)c3cc(F)c(F)cc3C2=O)C(=O)C1. The minimum Gasteiger partial charge on any atom is -0.299 e. The third kappa shape index (κ3) is 1.96. The van der Waals surface area contributed by atoms with Gasteiger partial charge in [-0.3, -0.25) is 24.1 Å². The van der Waals surface area contributed by atoms with Crippen molar-refractivity contribution in [3.63, 3.8) is 0 Å². The molecule has 0 saturated heterocycles. The number of imide groups is 1. The minimum absolute atomic E-state index is 0.0497. The number of Topliss-reactive ketones (excluding diaryl/α,β-unsaturated/α-hetero) is 2. The van der Waals surface area contributed by atoms with E-state index in [1.165, 1.54) is 0 Å². The molecule has 1 heterocycles. The standard InChI is InChI=1S/C14H9F2NO4/c15-9-4-7-8(5-10(9)16)14(21)17(13(7)20)11-2-1-6(18)3-12(11)19/h4-5,11H,1-3H2. The monoisotopic (exact) mass is 293 g/mol. The molecule has 1 atom stereocenters. The van der Waals surface area contributed by atoms with Crippen LogP contribution in [0.25, 0.3) is 0 Å². The molecule has 7 heteroatoms. The number of rotatable bonds is 1. The van der Waals surface area contributed by atoms with Gasteiger partial charge in [0.05, 0.1) is 23.6 Å². The second-order valence-corrected chi connectivity index (χ2v) is 5.03. The van der Waals surface area contributed by atoms with Crippen LogP contribution in [0, 0.1) is 11.6 Å². The van der Waals surface area contributed by atoms with E-state index in [-0.39, 0.29) is 36.2 Å². The average molecular weight is 293 g/mol. The highest BCUT2D eigenvalue weighted by atomic mass is 19.2. The third-order valence-electron chi connectivity index (χ3n) is 3.71. The summed E-state index contributed by atoms with van der Waals surface area (Å²) in [6.45, 7) is 0. The van der Waals surface area contributed by atoms with Gasteiger partial charge < -0.3 is 0 Å². The molecule has 5 nitrogen and oxygen atoms in total. The molecule has 1 saturated carbocycles. The molecule has 0 bridgehead atoms. The summed E-state index contributed by atoms with van der Waals surface area (Å²) in [5.41, 5.74) is -0.521. The third-order valence-corrected chi connectivity index (χ3v) is 3.71. The van der Waals surface area contributed by atoms with Crippen LogP contribution < -0.4 is 0 Å². The fraction of sp³-hybridized carbons (Fsp3) is 0.286. The summed E-state index contributed by atoms with van der Waals surface area (Å²) >= 11 is 0. The van der Waals surface area contributed by atoms with Gasteiger partial charge in [0.25, 0.3) is 11.8 Å². The smallest absolute Gasteiger partial charge is 0.262 e. The lowest BCUT2D eigenvalue weighted by atomic mass is 9.92.